The summed E-state index contributed by atoms with van der Waals surface area (Å²) in [6.07, 6.45) is 1.42. The van der Waals surface area contributed by atoms with Crippen molar-refractivity contribution in [2.75, 3.05) is 13.2 Å². The van der Waals surface area contributed by atoms with Crippen molar-refractivity contribution < 1.29 is 23.9 Å². The molecule has 0 atom stereocenters. The lowest BCUT2D eigenvalue weighted by atomic mass is 10.4. The van der Waals surface area contributed by atoms with Gasteiger partial charge in [0.25, 0.3) is 0 Å². The van der Waals surface area contributed by atoms with E-state index in [1.54, 1.807) is 0 Å². The number of carbonyl (C=O) groups is 3. The third-order valence-electron chi connectivity index (χ3n) is 1.89. The molecule has 0 saturated carbocycles. The number of ether oxygens (including phenoxy) is 2. The molecule has 0 heterocycles. The van der Waals surface area contributed by atoms with Gasteiger partial charge in [0.15, 0.2) is 0 Å². The molecule has 104 valence electrons. The SMILES string of the molecule is CCCCOC(=O)NC(=O)NC(=O)OCCCC. The van der Waals surface area contributed by atoms with Crippen molar-refractivity contribution in [3.63, 3.8) is 0 Å². The number of unbranched alkanes of at least 4 members (excludes halogenated alkanes) is 2. The molecule has 18 heavy (non-hydrogen) atoms. The minimum Gasteiger partial charge on any atom is -0.449 e. The average Bonchev–Trinajstić information content (AvgIpc) is 2.29. The largest absolute Gasteiger partial charge is 0.449 e. The number of urea groups is 1. The molecule has 0 aliphatic rings. The number of nitrogens with one attached hydrogen (secondary N) is 2. The zero-order valence-electron chi connectivity index (χ0n) is 10.8. The standard InChI is InChI=1S/C11H20N2O5/c1-3-5-7-17-10(15)12-9(14)13-11(16)18-8-6-4-2/h3-8H2,1-2H3,(H2,12,13,14,15,16). The first kappa shape index (κ1) is 16.2. The van der Waals surface area contributed by atoms with Crippen molar-refractivity contribution in [3.8, 4) is 0 Å². The van der Waals surface area contributed by atoms with Crippen molar-refractivity contribution in [1.29, 1.82) is 0 Å². The molecule has 0 bridgehead atoms. The van der Waals surface area contributed by atoms with Gasteiger partial charge in [-0.1, -0.05) is 26.7 Å². The van der Waals surface area contributed by atoms with Gasteiger partial charge < -0.3 is 9.47 Å². The number of imide groups is 2. The lowest BCUT2D eigenvalue weighted by molar-refractivity contribution is 0.139. The van der Waals surface area contributed by atoms with E-state index in [0.29, 0.717) is 12.8 Å². The van der Waals surface area contributed by atoms with Gasteiger partial charge in [-0.3, -0.25) is 0 Å². The van der Waals surface area contributed by atoms with Crippen LogP contribution in [-0.2, 0) is 9.47 Å². The predicted molar refractivity (Wildman–Crippen MR) is 64.2 cm³/mol. The zero-order chi connectivity index (χ0) is 13.8. The van der Waals surface area contributed by atoms with E-state index in [4.69, 9.17) is 0 Å². The summed E-state index contributed by atoms with van der Waals surface area (Å²) in [5.41, 5.74) is 0. The van der Waals surface area contributed by atoms with E-state index in [2.05, 4.69) is 9.47 Å². The Morgan fingerprint density at radius 1 is 0.833 bits per heavy atom. The Morgan fingerprint density at radius 2 is 1.22 bits per heavy atom. The van der Waals surface area contributed by atoms with Crippen molar-refractivity contribution in [1.82, 2.24) is 10.6 Å². The highest BCUT2D eigenvalue weighted by Gasteiger charge is 2.12. The van der Waals surface area contributed by atoms with Gasteiger partial charge in [0.05, 0.1) is 13.2 Å². The molecule has 7 nitrogen and oxygen atoms in total. The highest BCUT2D eigenvalue weighted by Crippen LogP contribution is 1.89. The fraction of sp³-hybridized carbons (Fsp3) is 0.727. The van der Waals surface area contributed by atoms with Gasteiger partial charge in [-0.05, 0) is 12.8 Å². The van der Waals surface area contributed by atoms with Gasteiger partial charge >= 0.3 is 18.2 Å². The van der Waals surface area contributed by atoms with Gasteiger partial charge in [0, 0.05) is 0 Å². The molecule has 0 aromatic carbocycles. The van der Waals surface area contributed by atoms with Crippen molar-refractivity contribution >= 4 is 18.2 Å². The monoisotopic (exact) mass is 260 g/mol. The van der Waals surface area contributed by atoms with E-state index in [9.17, 15) is 14.4 Å². The number of amides is 4. The Kier molecular flexibility index (Phi) is 9.34. The molecule has 0 rings (SSSR count). The minimum atomic E-state index is -0.960. The van der Waals surface area contributed by atoms with Crippen LogP contribution in [0.2, 0.25) is 0 Å². The van der Waals surface area contributed by atoms with Gasteiger partial charge in [0.2, 0.25) is 0 Å². The molecule has 0 spiro atoms. The van der Waals surface area contributed by atoms with Crippen LogP contribution < -0.4 is 10.6 Å². The number of carbonyl (C=O) groups excluding carboxylic acids is 3. The van der Waals surface area contributed by atoms with Crippen LogP contribution in [0.15, 0.2) is 0 Å². The first-order valence-corrected chi connectivity index (χ1v) is 6.01. The van der Waals surface area contributed by atoms with Crippen molar-refractivity contribution in [2.24, 2.45) is 0 Å². The number of alkyl carbamates (subject to hydrolysis) is 2. The summed E-state index contributed by atoms with van der Waals surface area (Å²) in [4.78, 5) is 33.2. The van der Waals surface area contributed by atoms with Gasteiger partial charge in [-0.2, -0.15) is 0 Å². The molecular weight excluding hydrogens is 240 g/mol. The van der Waals surface area contributed by atoms with Crippen LogP contribution in [0.5, 0.6) is 0 Å². The fourth-order valence-electron chi connectivity index (χ4n) is 0.907. The third-order valence-corrected chi connectivity index (χ3v) is 1.89. The highest BCUT2D eigenvalue weighted by molar-refractivity contribution is 5.98. The predicted octanol–water partition coefficient (Wildman–Crippen LogP) is 2.16. The molecule has 0 unspecified atom stereocenters. The second-order valence-electron chi connectivity index (χ2n) is 3.56. The number of hydrogen-bond acceptors (Lipinski definition) is 5. The summed E-state index contributed by atoms with van der Waals surface area (Å²) in [5.74, 6) is 0. The van der Waals surface area contributed by atoms with Crippen LogP contribution in [-0.4, -0.2) is 31.4 Å². The van der Waals surface area contributed by atoms with Crippen LogP contribution in [0.4, 0.5) is 14.4 Å². The molecule has 0 fully saturated rings. The maximum Gasteiger partial charge on any atom is 0.415 e. The van der Waals surface area contributed by atoms with E-state index in [0.717, 1.165) is 12.8 Å². The lowest BCUT2D eigenvalue weighted by Gasteiger charge is -2.07. The summed E-state index contributed by atoms with van der Waals surface area (Å²) in [6, 6.07) is -0.960. The van der Waals surface area contributed by atoms with E-state index in [1.165, 1.54) is 0 Å². The molecule has 0 saturated heterocycles. The normalized spacial score (nSPS) is 9.44. The van der Waals surface area contributed by atoms with Crippen LogP contribution in [0, 0.1) is 0 Å². The van der Waals surface area contributed by atoms with Crippen LogP contribution >= 0.6 is 0 Å². The molecule has 0 aliphatic carbocycles. The number of hydrogen-bond donors (Lipinski definition) is 2. The Balaban J connectivity index is 3.68. The molecule has 7 heteroatoms. The summed E-state index contributed by atoms with van der Waals surface area (Å²) in [7, 11) is 0. The minimum absolute atomic E-state index is 0.233. The summed E-state index contributed by atoms with van der Waals surface area (Å²) >= 11 is 0. The maximum atomic E-state index is 11.1. The topological polar surface area (TPSA) is 93.7 Å². The molecule has 0 aromatic rings. The van der Waals surface area contributed by atoms with Gasteiger partial charge in [-0.25, -0.2) is 25.0 Å². The molecular formula is C11H20N2O5. The van der Waals surface area contributed by atoms with E-state index < -0.39 is 18.2 Å². The number of rotatable bonds is 6. The second-order valence-corrected chi connectivity index (χ2v) is 3.56. The van der Waals surface area contributed by atoms with Crippen LogP contribution in [0.25, 0.3) is 0 Å². The molecule has 0 radical (unpaired) electrons. The smallest absolute Gasteiger partial charge is 0.415 e. The maximum absolute atomic E-state index is 11.1. The van der Waals surface area contributed by atoms with Gasteiger partial charge in [0.1, 0.15) is 0 Å². The molecule has 2 N–H and O–H groups in total. The second kappa shape index (κ2) is 10.4. The van der Waals surface area contributed by atoms with Crippen molar-refractivity contribution in [2.45, 2.75) is 39.5 Å². The molecule has 0 aromatic heterocycles. The highest BCUT2D eigenvalue weighted by atomic mass is 16.6. The fourth-order valence-corrected chi connectivity index (χ4v) is 0.907. The average molecular weight is 260 g/mol. The Morgan fingerprint density at radius 3 is 1.56 bits per heavy atom. The quantitative estimate of drug-likeness (QED) is 0.714. The van der Waals surface area contributed by atoms with E-state index in [-0.39, 0.29) is 13.2 Å². The van der Waals surface area contributed by atoms with E-state index in [1.807, 2.05) is 24.5 Å². The first-order valence-electron chi connectivity index (χ1n) is 6.01. The third kappa shape index (κ3) is 9.44. The van der Waals surface area contributed by atoms with Crippen LogP contribution in [0.1, 0.15) is 39.5 Å². The van der Waals surface area contributed by atoms with E-state index >= 15 is 0 Å². The van der Waals surface area contributed by atoms with Crippen molar-refractivity contribution in [3.05, 3.63) is 0 Å². The summed E-state index contributed by atoms with van der Waals surface area (Å²) in [6.45, 7) is 4.35. The molecule has 0 aliphatic heterocycles. The Labute approximate surface area is 106 Å². The zero-order valence-corrected chi connectivity index (χ0v) is 10.8. The van der Waals surface area contributed by atoms with Gasteiger partial charge in [-0.15, -0.1) is 0 Å². The first-order chi connectivity index (χ1) is 8.60. The Hall–Kier alpha value is -1.79. The summed E-state index contributed by atoms with van der Waals surface area (Å²) < 4.78 is 9.34. The summed E-state index contributed by atoms with van der Waals surface area (Å²) in [5, 5.41) is 3.70. The lowest BCUT2D eigenvalue weighted by Crippen LogP contribution is -2.43. The molecule has 4 amide bonds. The van der Waals surface area contributed by atoms with Crippen LogP contribution in [0.3, 0.4) is 0 Å². The Bertz CT molecular complexity index is 255.